The first-order chi connectivity index (χ1) is 13.8. The number of sulfonamides is 1. The van der Waals surface area contributed by atoms with Crippen molar-refractivity contribution in [3.05, 3.63) is 35.8 Å². The van der Waals surface area contributed by atoms with Crippen LogP contribution in [0.4, 0.5) is 5.13 Å². The van der Waals surface area contributed by atoms with Gasteiger partial charge in [-0.25, -0.2) is 13.4 Å². The normalized spacial score (nSPS) is 16.1. The molecule has 8 nitrogen and oxygen atoms in total. The average molecular weight is 439 g/mol. The molecule has 10 heteroatoms. The van der Waals surface area contributed by atoms with E-state index in [0.717, 1.165) is 5.13 Å². The van der Waals surface area contributed by atoms with Gasteiger partial charge >= 0.3 is 0 Å². The molecule has 158 valence electrons. The number of nitrogens with one attached hydrogen (secondary N) is 1. The highest BCUT2D eigenvalue weighted by Crippen LogP contribution is 2.21. The quantitative estimate of drug-likeness (QED) is 0.709. The summed E-state index contributed by atoms with van der Waals surface area (Å²) in [5, 5.41) is 2.87. The summed E-state index contributed by atoms with van der Waals surface area (Å²) in [6.45, 7) is 6.10. The van der Waals surface area contributed by atoms with Crippen LogP contribution in [-0.2, 0) is 14.8 Å². The first kappa shape index (κ1) is 21.5. The first-order valence-corrected chi connectivity index (χ1v) is 11.8. The maximum absolute atomic E-state index is 13.1. The van der Waals surface area contributed by atoms with E-state index in [0.29, 0.717) is 31.9 Å². The van der Waals surface area contributed by atoms with E-state index in [1.54, 1.807) is 34.6 Å². The standard InChI is InChI=1S/C19H26N4O4S2/c1-14(2)17(21-29(25,26)16-6-4-15(27-3)5-7-16)18(24)22-9-11-23(12-10-22)19-20-8-13-28-19/h4-8,13-14,17,21H,9-12H2,1-3H3/t17-/m0/s1. The number of anilines is 1. The highest BCUT2D eigenvalue weighted by molar-refractivity contribution is 7.89. The summed E-state index contributed by atoms with van der Waals surface area (Å²) in [6, 6.07) is 5.27. The maximum atomic E-state index is 13.1. The zero-order valence-corrected chi connectivity index (χ0v) is 18.4. The molecule has 2 aromatic rings. The lowest BCUT2D eigenvalue weighted by Crippen LogP contribution is -2.56. The SMILES string of the molecule is COc1ccc(S(=O)(=O)N[C@H](C(=O)N2CCN(c3nccs3)CC2)C(C)C)cc1. The molecular weight excluding hydrogens is 412 g/mol. The van der Waals surface area contributed by atoms with Crippen LogP contribution >= 0.6 is 11.3 Å². The van der Waals surface area contributed by atoms with Crippen molar-refractivity contribution >= 4 is 32.4 Å². The van der Waals surface area contributed by atoms with E-state index in [9.17, 15) is 13.2 Å². The Morgan fingerprint density at radius 1 is 1.17 bits per heavy atom. The first-order valence-electron chi connectivity index (χ1n) is 9.41. The fraction of sp³-hybridized carbons (Fsp3) is 0.474. The number of carbonyl (C=O) groups excluding carboxylic acids is 1. The van der Waals surface area contributed by atoms with Crippen LogP contribution in [0.25, 0.3) is 0 Å². The summed E-state index contributed by atoms with van der Waals surface area (Å²) in [7, 11) is -2.31. The highest BCUT2D eigenvalue weighted by atomic mass is 32.2. The monoisotopic (exact) mass is 438 g/mol. The number of piperazine rings is 1. The van der Waals surface area contributed by atoms with Gasteiger partial charge in [-0.3, -0.25) is 4.79 Å². The Kier molecular flexibility index (Phi) is 6.76. The molecule has 0 spiro atoms. The van der Waals surface area contributed by atoms with Gasteiger partial charge in [-0.1, -0.05) is 13.8 Å². The van der Waals surface area contributed by atoms with E-state index in [4.69, 9.17) is 4.74 Å². The zero-order chi connectivity index (χ0) is 21.0. The van der Waals surface area contributed by atoms with E-state index < -0.39 is 16.1 Å². The van der Waals surface area contributed by atoms with E-state index in [2.05, 4.69) is 14.6 Å². The van der Waals surface area contributed by atoms with E-state index in [1.807, 2.05) is 19.2 Å². The number of rotatable bonds is 7. The third kappa shape index (κ3) is 5.06. The molecule has 1 saturated heterocycles. The molecule has 0 bridgehead atoms. The van der Waals surface area contributed by atoms with E-state index >= 15 is 0 Å². The van der Waals surface area contributed by atoms with Gasteiger partial charge < -0.3 is 14.5 Å². The summed E-state index contributed by atoms with van der Waals surface area (Å²) >= 11 is 1.57. The van der Waals surface area contributed by atoms with Gasteiger partial charge in [0.15, 0.2) is 5.13 Å². The van der Waals surface area contributed by atoms with Crippen LogP contribution in [0, 0.1) is 5.92 Å². The van der Waals surface area contributed by atoms with Gasteiger partial charge in [0.1, 0.15) is 11.8 Å². The van der Waals surface area contributed by atoms with E-state index in [1.165, 1.54) is 19.2 Å². The van der Waals surface area contributed by atoms with Crippen LogP contribution in [0.3, 0.4) is 0 Å². The molecule has 29 heavy (non-hydrogen) atoms. The van der Waals surface area contributed by atoms with Gasteiger partial charge in [0.25, 0.3) is 0 Å². The zero-order valence-electron chi connectivity index (χ0n) is 16.7. The Morgan fingerprint density at radius 3 is 2.34 bits per heavy atom. The van der Waals surface area contributed by atoms with Crippen LogP contribution in [0.15, 0.2) is 40.7 Å². The molecule has 0 saturated carbocycles. The van der Waals surface area contributed by atoms with Crippen molar-refractivity contribution in [3.8, 4) is 5.75 Å². The minimum absolute atomic E-state index is 0.102. The van der Waals surface area contributed by atoms with E-state index in [-0.39, 0.29) is 16.7 Å². The lowest BCUT2D eigenvalue weighted by molar-refractivity contribution is -0.134. The van der Waals surface area contributed by atoms with Gasteiger partial charge in [-0.05, 0) is 30.2 Å². The Balaban J connectivity index is 1.68. The maximum Gasteiger partial charge on any atom is 0.241 e. The topological polar surface area (TPSA) is 91.8 Å². The molecule has 1 aliphatic heterocycles. The van der Waals surface area contributed by atoms with Crippen LogP contribution in [-0.4, -0.2) is 63.5 Å². The number of ether oxygens (including phenoxy) is 1. The van der Waals surface area contributed by atoms with Crippen LogP contribution in [0.5, 0.6) is 5.75 Å². The molecule has 3 rings (SSSR count). The Morgan fingerprint density at radius 2 is 1.83 bits per heavy atom. The van der Waals surface area contributed by atoms with Crippen molar-refractivity contribution in [3.63, 3.8) is 0 Å². The number of amides is 1. The second-order valence-electron chi connectivity index (χ2n) is 7.15. The van der Waals surface area contributed by atoms with Crippen LogP contribution in [0.1, 0.15) is 13.8 Å². The molecule has 0 radical (unpaired) electrons. The number of nitrogens with zero attached hydrogens (tertiary/aromatic N) is 3. The average Bonchev–Trinajstić information content (AvgIpc) is 3.26. The minimum Gasteiger partial charge on any atom is -0.497 e. The summed E-state index contributed by atoms with van der Waals surface area (Å²) in [5.41, 5.74) is 0. The molecule has 1 aromatic heterocycles. The lowest BCUT2D eigenvalue weighted by atomic mass is 10.0. The fourth-order valence-electron chi connectivity index (χ4n) is 3.15. The molecule has 1 N–H and O–H groups in total. The van der Waals surface area contributed by atoms with Gasteiger partial charge in [0.2, 0.25) is 15.9 Å². The van der Waals surface area contributed by atoms with Crippen molar-refractivity contribution in [1.82, 2.24) is 14.6 Å². The number of hydrogen-bond acceptors (Lipinski definition) is 7. The van der Waals surface area contributed by atoms with Gasteiger partial charge in [0.05, 0.1) is 12.0 Å². The number of hydrogen-bond donors (Lipinski definition) is 1. The summed E-state index contributed by atoms with van der Waals surface area (Å²) < 4.78 is 33.3. The fourth-order valence-corrected chi connectivity index (χ4v) is 5.18. The third-order valence-corrected chi connectivity index (χ3v) is 7.15. The second kappa shape index (κ2) is 9.10. The number of benzene rings is 1. The van der Waals surface area contributed by atoms with Crippen molar-refractivity contribution in [1.29, 1.82) is 0 Å². The van der Waals surface area contributed by atoms with Gasteiger partial charge in [-0.15, -0.1) is 11.3 Å². The predicted molar refractivity (Wildman–Crippen MR) is 113 cm³/mol. The third-order valence-electron chi connectivity index (χ3n) is 4.87. The molecule has 2 heterocycles. The largest absolute Gasteiger partial charge is 0.497 e. The van der Waals surface area contributed by atoms with Crippen LogP contribution in [0.2, 0.25) is 0 Å². The molecule has 1 amide bonds. The molecular formula is C19H26N4O4S2. The summed E-state index contributed by atoms with van der Waals surface area (Å²) in [4.78, 5) is 21.4. The second-order valence-corrected chi connectivity index (χ2v) is 9.73. The van der Waals surface area contributed by atoms with Crippen molar-refractivity contribution in [2.75, 3.05) is 38.2 Å². The molecule has 1 fully saturated rings. The van der Waals surface area contributed by atoms with Crippen molar-refractivity contribution in [2.24, 2.45) is 5.92 Å². The summed E-state index contributed by atoms with van der Waals surface area (Å²) in [6.07, 6.45) is 1.76. The molecule has 0 unspecified atom stereocenters. The number of methoxy groups -OCH3 is 1. The Bertz CT molecular complexity index is 906. The lowest BCUT2D eigenvalue weighted by Gasteiger charge is -2.37. The number of aromatic nitrogens is 1. The van der Waals surface area contributed by atoms with Crippen molar-refractivity contribution < 1.29 is 17.9 Å². The minimum atomic E-state index is -3.83. The van der Waals surface area contributed by atoms with Crippen molar-refractivity contribution in [2.45, 2.75) is 24.8 Å². The van der Waals surface area contributed by atoms with Gasteiger partial charge in [-0.2, -0.15) is 4.72 Å². The molecule has 1 aromatic carbocycles. The van der Waals surface area contributed by atoms with Crippen LogP contribution < -0.4 is 14.4 Å². The number of carbonyl (C=O) groups is 1. The Labute approximate surface area is 175 Å². The predicted octanol–water partition coefficient (Wildman–Crippen LogP) is 1.80. The molecule has 1 aliphatic rings. The highest BCUT2D eigenvalue weighted by Gasteiger charge is 2.33. The summed E-state index contributed by atoms with van der Waals surface area (Å²) in [5.74, 6) is 0.182. The van der Waals surface area contributed by atoms with Gasteiger partial charge in [0, 0.05) is 37.8 Å². The Hall–Kier alpha value is -2.17. The number of thiazole rings is 1. The smallest absolute Gasteiger partial charge is 0.241 e. The molecule has 1 atom stereocenters. The molecule has 0 aliphatic carbocycles.